The third kappa shape index (κ3) is 2.29. The van der Waals surface area contributed by atoms with Gasteiger partial charge in [-0.3, -0.25) is 19.6 Å². The summed E-state index contributed by atoms with van der Waals surface area (Å²) in [5.41, 5.74) is 2.65. The summed E-state index contributed by atoms with van der Waals surface area (Å²) in [5, 5.41) is 4.88. The molecule has 0 amide bonds. The summed E-state index contributed by atoms with van der Waals surface area (Å²) >= 11 is 1.61. The van der Waals surface area contributed by atoms with Gasteiger partial charge in [-0.2, -0.15) is 0 Å². The topological polar surface area (TPSA) is 63.0 Å². The number of hydrogen-bond donors (Lipinski definition) is 1. The van der Waals surface area contributed by atoms with Crippen molar-refractivity contribution in [3.8, 4) is 0 Å². The molecule has 2 aromatic heterocycles. The molecule has 1 aliphatic rings. The zero-order valence-corrected chi connectivity index (χ0v) is 14.6. The minimum Gasteiger partial charge on any atom is -0.268 e. The highest BCUT2D eigenvalue weighted by atomic mass is 32.2. The molecule has 5 nitrogen and oxygen atoms in total. The largest absolute Gasteiger partial charge is 0.271 e. The van der Waals surface area contributed by atoms with E-state index < -0.39 is 0 Å². The lowest BCUT2D eigenvalue weighted by Gasteiger charge is -2.22. The Kier molecular flexibility index (Phi) is 3.57. The molecule has 0 radical (unpaired) electrons. The van der Waals surface area contributed by atoms with E-state index in [1.165, 1.54) is 0 Å². The van der Waals surface area contributed by atoms with Crippen molar-refractivity contribution in [2.45, 2.75) is 32.1 Å². The number of hydrogen-bond acceptors (Lipinski definition) is 4. The number of pyridine rings is 1. The van der Waals surface area contributed by atoms with E-state index in [9.17, 15) is 4.79 Å². The van der Waals surface area contributed by atoms with Gasteiger partial charge in [0.25, 0.3) is 5.56 Å². The summed E-state index contributed by atoms with van der Waals surface area (Å²) < 4.78 is 1.85. The second-order valence-electron chi connectivity index (χ2n) is 6.19. The van der Waals surface area contributed by atoms with Crippen LogP contribution in [0.1, 0.15) is 43.2 Å². The molecule has 122 valence electrons. The lowest BCUT2D eigenvalue weighted by Crippen LogP contribution is -2.14. The van der Waals surface area contributed by atoms with Crippen molar-refractivity contribution in [1.29, 1.82) is 0 Å². The maximum absolute atomic E-state index is 12.6. The predicted octanol–water partition coefficient (Wildman–Crippen LogP) is 4.19. The number of para-hydroxylation sites is 1. The molecule has 3 aromatic rings. The van der Waals surface area contributed by atoms with Crippen LogP contribution in [-0.2, 0) is 0 Å². The average Bonchev–Trinajstić information content (AvgIpc) is 2.90. The van der Waals surface area contributed by atoms with Crippen LogP contribution in [0, 0.1) is 0 Å². The van der Waals surface area contributed by atoms with Crippen LogP contribution in [-0.4, -0.2) is 19.8 Å². The first-order chi connectivity index (χ1) is 11.6. The molecule has 0 unspecified atom stereocenters. The maximum Gasteiger partial charge on any atom is 0.271 e. The summed E-state index contributed by atoms with van der Waals surface area (Å²) in [6.45, 7) is 6.07. The van der Waals surface area contributed by atoms with E-state index in [0.717, 1.165) is 32.9 Å². The molecular weight excluding hydrogens is 320 g/mol. The second-order valence-corrected chi connectivity index (χ2v) is 7.49. The van der Waals surface area contributed by atoms with Crippen molar-refractivity contribution < 1.29 is 0 Å². The van der Waals surface area contributed by atoms with Gasteiger partial charge < -0.3 is 0 Å². The van der Waals surface area contributed by atoms with Crippen molar-refractivity contribution in [3.05, 3.63) is 58.0 Å². The number of nitrogens with zero attached hydrogens (tertiary/aromatic N) is 3. The Labute approximate surface area is 143 Å². The molecule has 0 aliphatic carbocycles. The third-order valence-corrected chi connectivity index (χ3v) is 5.37. The van der Waals surface area contributed by atoms with Gasteiger partial charge in [0.2, 0.25) is 0 Å². The van der Waals surface area contributed by atoms with Crippen LogP contribution in [0.25, 0.3) is 10.9 Å². The number of aromatic nitrogens is 3. The SMILES string of the molecule is CC1=Nc2c(c(=O)[nH]n2C(C)C)[C@@H](c2cccc3cccnc23)S1. The molecule has 3 heterocycles. The molecule has 0 bridgehead atoms. The highest BCUT2D eigenvalue weighted by Crippen LogP contribution is 2.45. The van der Waals surface area contributed by atoms with Gasteiger partial charge in [-0.05, 0) is 32.4 Å². The van der Waals surface area contributed by atoms with Crippen molar-refractivity contribution in [1.82, 2.24) is 14.8 Å². The van der Waals surface area contributed by atoms with Crippen molar-refractivity contribution in [3.63, 3.8) is 0 Å². The second kappa shape index (κ2) is 5.63. The zero-order chi connectivity index (χ0) is 16.8. The van der Waals surface area contributed by atoms with Crippen LogP contribution >= 0.6 is 11.8 Å². The third-order valence-electron chi connectivity index (χ3n) is 4.21. The number of aromatic amines is 1. The molecule has 0 spiro atoms. The van der Waals surface area contributed by atoms with Gasteiger partial charge in [-0.15, -0.1) is 0 Å². The number of H-pyrrole nitrogens is 1. The normalized spacial score (nSPS) is 17.2. The summed E-state index contributed by atoms with van der Waals surface area (Å²) in [4.78, 5) is 21.8. The fourth-order valence-corrected chi connectivity index (χ4v) is 4.27. The van der Waals surface area contributed by atoms with E-state index in [1.807, 2.05) is 49.7 Å². The number of aliphatic imine (C=N–C) groups is 1. The molecule has 0 fully saturated rings. The molecule has 0 saturated carbocycles. The number of thioether (sulfide) groups is 1. The Balaban J connectivity index is 1.99. The molecule has 0 saturated heterocycles. The molecule has 1 aromatic carbocycles. The summed E-state index contributed by atoms with van der Waals surface area (Å²) in [5.74, 6) is 0.740. The molecular formula is C18H18N4OS. The van der Waals surface area contributed by atoms with E-state index in [4.69, 9.17) is 0 Å². The zero-order valence-electron chi connectivity index (χ0n) is 13.8. The van der Waals surface area contributed by atoms with Gasteiger partial charge in [0.15, 0.2) is 5.82 Å². The maximum atomic E-state index is 12.6. The van der Waals surface area contributed by atoms with Gasteiger partial charge in [-0.1, -0.05) is 36.0 Å². The Morgan fingerprint density at radius 2 is 2.04 bits per heavy atom. The summed E-state index contributed by atoms with van der Waals surface area (Å²) in [6, 6.07) is 10.2. The van der Waals surface area contributed by atoms with Crippen LogP contribution in [0.3, 0.4) is 0 Å². The molecule has 1 aliphatic heterocycles. The van der Waals surface area contributed by atoms with Gasteiger partial charge in [0, 0.05) is 17.6 Å². The van der Waals surface area contributed by atoms with Crippen molar-refractivity contribution in [2.75, 3.05) is 0 Å². The summed E-state index contributed by atoms with van der Waals surface area (Å²) in [7, 11) is 0. The molecule has 24 heavy (non-hydrogen) atoms. The van der Waals surface area contributed by atoms with Crippen molar-refractivity contribution >= 4 is 33.5 Å². The number of benzene rings is 1. The smallest absolute Gasteiger partial charge is 0.268 e. The lowest BCUT2D eigenvalue weighted by molar-refractivity contribution is 0.533. The minimum atomic E-state index is -0.0974. The number of fused-ring (bicyclic) bond motifs is 2. The summed E-state index contributed by atoms with van der Waals surface area (Å²) in [6.07, 6.45) is 1.80. The number of nitrogens with one attached hydrogen (secondary N) is 1. The Hall–Kier alpha value is -2.34. The Morgan fingerprint density at radius 1 is 1.25 bits per heavy atom. The Morgan fingerprint density at radius 3 is 2.83 bits per heavy atom. The van der Waals surface area contributed by atoms with Gasteiger partial charge >= 0.3 is 0 Å². The van der Waals surface area contributed by atoms with Crippen LogP contribution in [0.4, 0.5) is 5.82 Å². The molecule has 4 rings (SSSR count). The first-order valence-electron chi connectivity index (χ1n) is 7.96. The van der Waals surface area contributed by atoms with Gasteiger partial charge in [0.1, 0.15) is 0 Å². The van der Waals surface area contributed by atoms with E-state index in [0.29, 0.717) is 0 Å². The fourth-order valence-electron chi connectivity index (χ4n) is 3.14. The molecule has 6 heteroatoms. The van der Waals surface area contributed by atoms with Crippen molar-refractivity contribution in [2.24, 2.45) is 4.99 Å². The monoisotopic (exact) mass is 338 g/mol. The lowest BCUT2D eigenvalue weighted by atomic mass is 10.0. The highest BCUT2D eigenvalue weighted by molar-refractivity contribution is 8.14. The standard InChI is InChI=1S/C18H18N4OS/c1-10(2)22-17-14(18(23)21-22)16(24-11(3)20-17)13-8-4-6-12-7-5-9-19-15(12)13/h4-10,16H,1-3H3,(H,21,23)/t16-/m1/s1. The Bertz CT molecular complexity index is 1010. The minimum absolute atomic E-state index is 0.0691. The first kappa shape index (κ1) is 15.2. The van der Waals surface area contributed by atoms with Crippen LogP contribution in [0.5, 0.6) is 0 Å². The fraction of sp³-hybridized carbons (Fsp3) is 0.278. The first-order valence-corrected chi connectivity index (χ1v) is 8.84. The van der Waals surface area contributed by atoms with E-state index in [-0.39, 0.29) is 16.9 Å². The predicted molar refractivity (Wildman–Crippen MR) is 99.4 cm³/mol. The van der Waals surface area contributed by atoms with Crippen LogP contribution < -0.4 is 5.56 Å². The molecule has 1 atom stereocenters. The quantitative estimate of drug-likeness (QED) is 0.762. The highest BCUT2D eigenvalue weighted by Gasteiger charge is 2.31. The average molecular weight is 338 g/mol. The van der Waals surface area contributed by atoms with Crippen LogP contribution in [0.15, 0.2) is 46.3 Å². The van der Waals surface area contributed by atoms with E-state index >= 15 is 0 Å². The molecule has 1 N–H and O–H groups in total. The van der Waals surface area contributed by atoms with E-state index in [2.05, 4.69) is 21.1 Å². The number of rotatable bonds is 2. The van der Waals surface area contributed by atoms with Gasteiger partial charge in [-0.25, -0.2) is 4.99 Å². The van der Waals surface area contributed by atoms with Gasteiger partial charge in [0.05, 0.1) is 21.4 Å². The van der Waals surface area contributed by atoms with E-state index in [1.54, 1.807) is 18.0 Å². The van der Waals surface area contributed by atoms with Crippen LogP contribution in [0.2, 0.25) is 0 Å².